The monoisotopic (exact) mass is 1570 g/mol. The maximum absolute atomic E-state index is 12.7. The van der Waals surface area contributed by atoms with E-state index in [9.17, 15) is 109 Å². The molecule has 0 bridgehead atoms. The van der Waals surface area contributed by atoms with E-state index in [0.717, 1.165) is 48.5 Å². The van der Waals surface area contributed by atoms with Crippen LogP contribution in [0.4, 0.5) is 71.1 Å². The molecule has 0 fully saturated rings. The van der Waals surface area contributed by atoms with E-state index in [1.165, 1.54) is 56.0 Å². The fraction of sp³-hybridized carbons (Fsp3) is 0.302. The Labute approximate surface area is 576 Å². The second kappa shape index (κ2) is 40.4. The van der Waals surface area contributed by atoms with Crippen LogP contribution in [0.2, 0.25) is 5.02 Å². The van der Waals surface area contributed by atoms with Crippen molar-refractivity contribution in [2.24, 2.45) is 0 Å². The molecule has 2 heterocycles. The molecule has 0 spiro atoms. The van der Waals surface area contributed by atoms with Gasteiger partial charge in [0, 0.05) is 18.6 Å². The molecule has 4 amide bonds. The number of carboxylic acid groups (broad SMARTS) is 2. The molecule has 0 aliphatic heterocycles. The van der Waals surface area contributed by atoms with Crippen molar-refractivity contribution < 1.29 is 147 Å². The Hall–Kier alpha value is -10.1. The summed E-state index contributed by atoms with van der Waals surface area (Å²) in [6.07, 6.45) is -4.93. The van der Waals surface area contributed by atoms with Gasteiger partial charge in [-0.2, -0.15) is 68.8 Å². The van der Waals surface area contributed by atoms with Crippen LogP contribution in [-0.4, -0.2) is 169 Å². The lowest BCUT2D eigenvalue weighted by Gasteiger charge is -2.14. The van der Waals surface area contributed by atoms with Crippen LogP contribution in [0.25, 0.3) is 0 Å². The van der Waals surface area contributed by atoms with Crippen molar-refractivity contribution in [1.82, 2.24) is 39.7 Å². The lowest BCUT2D eigenvalue weighted by Crippen LogP contribution is -2.35. The lowest BCUT2D eigenvalue weighted by molar-refractivity contribution is -0.385. The Kier molecular flexibility index (Phi) is 34.9. The number of halogens is 11. The van der Waals surface area contributed by atoms with Gasteiger partial charge in [-0.25, -0.2) is 50.3 Å². The molecule has 0 aliphatic rings. The maximum atomic E-state index is 12.7. The summed E-state index contributed by atoms with van der Waals surface area (Å²) in [6.45, 7) is -4.97. The van der Waals surface area contributed by atoms with Gasteiger partial charge in [0.1, 0.15) is 35.4 Å². The number of methoxy groups -OCH3 is 1. The predicted molar refractivity (Wildman–Crippen MR) is 331 cm³/mol. The zero-order valence-corrected chi connectivity index (χ0v) is 56.7. The molecule has 49 heteroatoms. The molecule has 0 radical (unpaired) electrons. The number of rotatable bonds is 25. The van der Waals surface area contributed by atoms with Crippen LogP contribution in [-0.2, 0) is 67.2 Å². The van der Waals surface area contributed by atoms with E-state index in [-0.39, 0.29) is 46.5 Å². The number of carboxylic acids is 2. The molecule has 6 aromatic rings. The van der Waals surface area contributed by atoms with Gasteiger partial charge in [0.05, 0.1) is 77.3 Å². The number of carbonyl (C=O) groups is 6. The summed E-state index contributed by atoms with van der Waals surface area (Å²) in [4.78, 5) is 113. The van der Waals surface area contributed by atoms with E-state index in [1.807, 2.05) is 5.32 Å². The molecule has 1 unspecified atom stereocenters. The number of sulfonamides is 2. The Morgan fingerprint density at radius 3 is 1.75 bits per heavy atom. The average molecular weight is 1570 g/mol. The number of aryl methyl sites for hydroxylation is 2. The van der Waals surface area contributed by atoms with Gasteiger partial charge in [0.2, 0.25) is 23.7 Å². The van der Waals surface area contributed by atoms with Gasteiger partial charge < -0.3 is 53.0 Å². The minimum atomic E-state index is -4.71. The van der Waals surface area contributed by atoms with Gasteiger partial charge in [-0.05, 0) is 79.2 Å². The molecule has 0 saturated carbocycles. The number of anilines is 2. The number of amides is 4. The quantitative estimate of drug-likeness (QED) is 0.00685. The predicted octanol–water partition coefficient (Wildman–Crippen LogP) is 7.52. The minimum Gasteiger partial charge on any atom is -0.778 e. The largest absolute Gasteiger partial charge is 0.778 e. The summed E-state index contributed by atoms with van der Waals surface area (Å²) in [6, 6.07) is 12.4. The number of esters is 2. The topological polar surface area (TPSA) is 495 Å². The van der Waals surface area contributed by atoms with Crippen molar-refractivity contribution in [2.45, 2.75) is 62.1 Å². The molecule has 6 rings (SSSR count). The zero-order chi connectivity index (χ0) is 77.7. The number of hydrogen-bond acceptors (Lipinski definition) is 26. The number of benzene rings is 4. The number of nitrogens with zero attached hydrogens (tertiary/aromatic N) is 6. The van der Waals surface area contributed by atoms with Crippen molar-refractivity contribution in [1.29, 1.82) is 0 Å². The Morgan fingerprint density at radius 2 is 1.26 bits per heavy atom. The molecule has 560 valence electrons. The first-order valence-corrected chi connectivity index (χ1v) is 34.5. The van der Waals surface area contributed by atoms with Gasteiger partial charge in [0.25, 0.3) is 25.7 Å². The van der Waals surface area contributed by atoms with Gasteiger partial charge in [-0.3, -0.25) is 30.9 Å². The Balaban J connectivity index is 0.000000474. The summed E-state index contributed by atoms with van der Waals surface area (Å²) in [5.41, 5.74) is -2.88. The van der Waals surface area contributed by atoms with Crippen molar-refractivity contribution >= 4 is 104 Å². The second-order valence-corrected chi connectivity index (χ2v) is 26.6. The highest BCUT2D eigenvalue weighted by Gasteiger charge is 2.33. The normalized spacial score (nSPS) is 11.7. The van der Waals surface area contributed by atoms with E-state index < -0.39 is 176 Å². The molecule has 0 aliphatic carbocycles. The standard InChI is InChI=1S/C18H13ClF3NO7.C15H16F3N5O4S.C14H10F4N4O7S.C3H8NO5P.C3H9S/c1-2-28-16(24)9-29-17(25)12-8-11(4-5-14(12)23(26)27)30-15-6-3-10(7-13(15)19)18(20,21)22;1-9-19-12(22-14(20-9)27-2)21-13(24)23-28(25,26)11-6-4-3-5-10(11)7-8-15(16,17)18;15-11(16)28-8-5-9(29-12(17)18)20-13(19-8)21-14(25)22-30(26,27)7-4-2-1-3-6(7)10(23)24;5-3(6)1-4-2-10(7,8)9;1-4(2)3/h3-8H,2,9H2,1H3;3-6H,7-8H2,1-2H3,(H2,19,20,21,22,23,24);1-5,11-12H,(H,23,24)(H2,19,20,21,22,25);4H,1-2H2,(H,5,6)(H2,7,8,9);1-3H3/q;;;;+1/p-1. The number of nitrogens with one attached hydrogen (secondary N) is 5. The smallest absolute Gasteiger partial charge is 0.416 e. The number of aromatic carboxylic acids is 1. The summed E-state index contributed by atoms with van der Waals surface area (Å²) < 4.78 is 215. The van der Waals surface area contributed by atoms with E-state index >= 15 is 0 Å². The Morgan fingerprint density at radius 1 is 0.735 bits per heavy atom. The summed E-state index contributed by atoms with van der Waals surface area (Å²) in [7, 11) is -11.6. The minimum absolute atomic E-state index is 0.0493. The van der Waals surface area contributed by atoms with Crippen LogP contribution >= 0.6 is 19.2 Å². The molecule has 0 saturated heterocycles. The third kappa shape index (κ3) is 33.9. The van der Waals surface area contributed by atoms with E-state index in [4.69, 9.17) is 40.9 Å². The number of nitro benzene ring substituents is 1. The van der Waals surface area contributed by atoms with Crippen LogP contribution in [0.5, 0.6) is 29.3 Å². The average Bonchev–Trinajstić information content (AvgIpc) is 0.821. The van der Waals surface area contributed by atoms with Gasteiger partial charge in [0.15, 0.2) is 6.61 Å². The number of urea groups is 2. The van der Waals surface area contributed by atoms with Crippen LogP contribution in [0, 0.1) is 17.0 Å². The van der Waals surface area contributed by atoms with Crippen molar-refractivity contribution in [3.05, 3.63) is 134 Å². The summed E-state index contributed by atoms with van der Waals surface area (Å²) in [5, 5.41) is 33.6. The summed E-state index contributed by atoms with van der Waals surface area (Å²) in [5.74, 6) is -8.03. The molecule has 1 atom stereocenters. The van der Waals surface area contributed by atoms with Crippen molar-refractivity contribution in [2.75, 3.05) is 62.6 Å². The highest BCUT2D eigenvalue weighted by atomic mass is 35.5. The van der Waals surface area contributed by atoms with Crippen molar-refractivity contribution in [3.8, 4) is 29.3 Å². The van der Waals surface area contributed by atoms with Crippen LogP contribution in [0.15, 0.2) is 101 Å². The maximum Gasteiger partial charge on any atom is 0.416 e. The summed E-state index contributed by atoms with van der Waals surface area (Å²) >= 11 is 5.81. The van der Waals surface area contributed by atoms with E-state index in [0.29, 0.717) is 23.0 Å². The molecular formula is C53H55ClF10N11O23PS3. The van der Waals surface area contributed by atoms with Gasteiger partial charge in [-0.1, -0.05) is 41.9 Å². The van der Waals surface area contributed by atoms with Gasteiger partial charge in [-0.15, -0.1) is 0 Å². The lowest BCUT2D eigenvalue weighted by atomic mass is 10.1. The first-order chi connectivity index (χ1) is 47.1. The number of nitro groups is 1. The third-order valence-corrected chi connectivity index (χ3v) is 14.1. The van der Waals surface area contributed by atoms with Crippen LogP contribution in [0.3, 0.4) is 0 Å². The number of ether oxygens (including phenoxy) is 6. The van der Waals surface area contributed by atoms with Gasteiger partial charge >= 0.3 is 67.5 Å². The van der Waals surface area contributed by atoms with Crippen molar-refractivity contribution in [3.63, 3.8) is 0 Å². The third-order valence-electron chi connectivity index (χ3n) is 10.3. The fourth-order valence-electron chi connectivity index (χ4n) is 6.60. The highest BCUT2D eigenvalue weighted by molar-refractivity contribution is 7.94. The fourth-order valence-corrected chi connectivity index (χ4v) is 9.50. The number of alkyl halides is 10. The molecular weight excluding hydrogens is 1510 g/mol. The SMILES string of the molecule is CCOC(=O)COC(=O)c1cc(Oc2ccc(C(F)(F)F)cc2Cl)ccc1[N+](=O)[O-].COc1nc(C)nc(NC(=O)NS(=O)(=O)c2ccccc2CCC(F)(F)F)n1.C[S+](C)C.O=C(Nc1nc(OC(F)F)cc(OC(F)F)n1)NS(=O)(=O)c1ccccc1C(=O)O.O=C(O)CNCP(=O)([O-])O. The highest BCUT2D eigenvalue weighted by Crippen LogP contribution is 2.38. The molecule has 102 heavy (non-hydrogen) atoms. The Bertz CT molecular complexity index is 4160. The molecule has 4 aromatic carbocycles. The second-order valence-electron chi connectivity index (χ2n) is 18.9. The molecule has 2 aromatic heterocycles. The molecule has 8 N–H and O–H groups in total. The first kappa shape index (κ1) is 88.0. The molecule has 34 nitrogen and oxygen atoms in total. The van der Waals surface area contributed by atoms with E-state index in [2.05, 4.69) is 63.2 Å². The van der Waals surface area contributed by atoms with E-state index in [1.54, 1.807) is 10.0 Å². The number of aliphatic carboxylic acids is 1. The number of aromatic nitrogens is 5. The zero-order valence-electron chi connectivity index (χ0n) is 52.6. The van der Waals surface area contributed by atoms with Crippen LogP contribution in [0.1, 0.15) is 51.0 Å². The van der Waals surface area contributed by atoms with Crippen LogP contribution < -0.4 is 49.2 Å². The number of carbonyl (C=O) groups excluding carboxylic acids is 4. The number of hydrogen-bond donors (Lipinski definition) is 8. The first-order valence-electron chi connectivity index (χ1n) is 27.0.